The molecule has 1 amide bonds. The number of aromatic hydroxyl groups is 1. The molecule has 0 saturated carbocycles. The standard InChI is InChI=1S/C21H19NO5S2/c1-2-27-17-11-14(8-9-16(17)23)12-18-19(24)22(21(28)29-18)15(20(25)26)10-13-6-4-3-5-7-13/h3-9,11-12,15,23H,2,10H2,1H3,(H,25,26)/b18-12+/t15-/m1/s1. The van der Waals surface area contributed by atoms with Gasteiger partial charge < -0.3 is 14.9 Å². The zero-order chi connectivity index (χ0) is 21.0. The first-order chi connectivity index (χ1) is 13.9. The number of amides is 1. The molecule has 2 N–H and O–H groups in total. The average molecular weight is 430 g/mol. The van der Waals surface area contributed by atoms with E-state index in [-0.39, 0.29) is 16.5 Å². The first kappa shape index (κ1) is 20.9. The van der Waals surface area contributed by atoms with E-state index in [1.165, 1.54) is 6.07 Å². The summed E-state index contributed by atoms with van der Waals surface area (Å²) in [7, 11) is 0. The number of rotatable bonds is 7. The van der Waals surface area contributed by atoms with Crippen molar-refractivity contribution in [3.63, 3.8) is 0 Å². The highest BCUT2D eigenvalue weighted by Crippen LogP contribution is 2.36. The summed E-state index contributed by atoms with van der Waals surface area (Å²) in [5, 5.41) is 19.5. The van der Waals surface area contributed by atoms with Crippen LogP contribution in [0, 0.1) is 0 Å². The molecule has 29 heavy (non-hydrogen) atoms. The molecular formula is C21H19NO5S2. The monoisotopic (exact) mass is 429 g/mol. The van der Waals surface area contributed by atoms with Crippen LogP contribution < -0.4 is 4.74 Å². The van der Waals surface area contributed by atoms with Gasteiger partial charge >= 0.3 is 5.97 Å². The Bertz CT molecular complexity index is 974. The number of carboxylic acids is 1. The Labute approximate surface area is 177 Å². The maximum atomic E-state index is 12.9. The lowest BCUT2D eigenvalue weighted by molar-refractivity contribution is -0.145. The first-order valence-electron chi connectivity index (χ1n) is 8.90. The third-order valence-electron chi connectivity index (χ3n) is 4.27. The molecule has 2 aromatic carbocycles. The Balaban J connectivity index is 1.87. The molecule has 1 aliphatic rings. The Morgan fingerprint density at radius 3 is 2.66 bits per heavy atom. The summed E-state index contributed by atoms with van der Waals surface area (Å²) in [6.45, 7) is 2.19. The fraction of sp³-hybridized carbons (Fsp3) is 0.190. The topological polar surface area (TPSA) is 87.1 Å². The maximum Gasteiger partial charge on any atom is 0.327 e. The van der Waals surface area contributed by atoms with Crippen molar-refractivity contribution in [2.45, 2.75) is 19.4 Å². The molecule has 8 heteroatoms. The molecule has 0 aromatic heterocycles. The van der Waals surface area contributed by atoms with Gasteiger partial charge in [0.25, 0.3) is 5.91 Å². The zero-order valence-corrected chi connectivity index (χ0v) is 17.2. The Morgan fingerprint density at radius 1 is 1.28 bits per heavy atom. The minimum absolute atomic E-state index is 0.00495. The summed E-state index contributed by atoms with van der Waals surface area (Å²) in [4.78, 5) is 26.3. The molecule has 6 nitrogen and oxygen atoms in total. The Hall–Kier alpha value is -2.84. The number of ether oxygens (including phenoxy) is 1. The molecule has 2 aromatic rings. The molecule has 1 atom stereocenters. The third kappa shape index (κ3) is 4.78. The third-order valence-corrected chi connectivity index (χ3v) is 5.60. The maximum absolute atomic E-state index is 12.9. The summed E-state index contributed by atoms with van der Waals surface area (Å²) >= 11 is 6.37. The molecule has 0 radical (unpaired) electrons. The molecule has 150 valence electrons. The van der Waals surface area contributed by atoms with Gasteiger partial charge in [-0.3, -0.25) is 9.69 Å². The average Bonchev–Trinajstić information content (AvgIpc) is 2.96. The van der Waals surface area contributed by atoms with Crippen LogP contribution in [0.25, 0.3) is 6.08 Å². The van der Waals surface area contributed by atoms with E-state index in [1.54, 1.807) is 25.1 Å². The van der Waals surface area contributed by atoms with Crippen molar-refractivity contribution >= 4 is 46.3 Å². The number of phenols is 1. The van der Waals surface area contributed by atoms with Crippen LogP contribution in [0.3, 0.4) is 0 Å². The van der Waals surface area contributed by atoms with E-state index >= 15 is 0 Å². The molecule has 1 saturated heterocycles. The normalized spacial score (nSPS) is 16.3. The minimum atomic E-state index is -1.12. The number of thioether (sulfide) groups is 1. The summed E-state index contributed by atoms with van der Waals surface area (Å²) in [5.74, 6) is -1.25. The van der Waals surface area contributed by atoms with E-state index in [0.29, 0.717) is 22.8 Å². The number of aliphatic carboxylic acids is 1. The second-order valence-electron chi connectivity index (χ2n) is 6.26. The fourth-order valence-corrected chi connectivity index (χ4v) is 4.27. The van der Waals surface area contributed by atoms with Crippen LogP contribution in [-0.2, 0) is 16.0 Å². The molecule has 3 rings (SSSR count). The number of carboxylic acid groups (broad SMARTS) is 1. The zero-order valence-electron chi connectivity index (χ0n) is 15.6. The minimum Gasteiger partial charge on any atom is -0.504 e. The van der Waals surface area contributed by atoms with E-state index in [9.17, 15) is 19.8 Å². The number of hydrogen-bond acceptors (Lipinski definition) is 6. The molecule has 1 heterocycles. The van der Waals surface area contributed by atoms with E-state index in [4.69, 9.17) is 17.0 Å². The van der Waals surface area contributed by atoms with Gasteiger partial charge in [0.1, 0.15) is 10.4 Å². The summed E-state index contributed by atoms with van der Waals surface area (Å²) < 4.78 is 5.56. The van der Waals surface area contributed by atoms with Gasteiger partial charge in [-0.25, -0.2) is 4.79 Å². The Morgan fingerprint density at radius 2 is 2.00 bits per heavy atom. The molecule has 0 aliphatic carbocycles. The second-order valence-corrected chi connectivity index (χ2v) is 7.93. The second kappa shape index (κ2) is 9.11. The number of carbonyl (C=O) groups excluding carboxylic acids is 1. The SMILES string of the molecule is CCOc1cc(/C=C2/SC(=S)N([C@H](Cc3ccccc3)C(=O)O)C2=O)ccc1O. The predicted octanol–water partition coefficient (Wildman–Crippen LogP) is 3.69. The van der Waals surface area contributed by atoms with Crippen molar-refractivity contribution in [3.05, 3.63) is 64.6 Å². The number of nitrogens with zero attached hydrogens (tertiary/aromatic N) is 1. The van der Waals surface area contributed by atoms with Gasteiger partial charge in [-0.1, -0.05) is 60.4 Å². The summed E-state index contributed by atoms with van der Waals surface area (Å²) in [5.41, 5.74) is 1.44. The lowest BCUT2D eigenvalue weighted by atomic mass is 10.0. The molecular weight excluding hydrogens is 410 g/mol. The molecule has 0 bridgehead atoms. The van der Waals surface area contributed by atoms with Crippen molar-refractivity contribution in [1.29, 1.82) is 0 Å². The van der Waals surface area contributed by atoms with Gasteiger partial charge in [-0.2, -0.15) is 0 Å². The van der Waals surface area contributed by atoms with Crippen molar-refractivity contribution in [1.82, 2.24) is 4.90 Å². The van der Waals surface area contributed by atoms with Crippen LogP contribution in [0.15, 0.2) is 53.4 Å². The van der Waals surface area contributed by atoms with Crippen LogP contribution in [-0.4, -0.2) is 44.0 Å². The van der Waals surface area contributed by atoms with Crippen molar-refractivity contribution < 1.29 is 24.5 Å². The highest BCUT2D eigenvalue weighted by Gasteiger charge is 2.40. The summed E-state index contributed by atoms with van der Waals surface area (Å²) in [6, 6.07) is 12.8. The first-order valence-corrected chi connectivity index (χ1v) is 10.1. The van der Waals surface area contributed by atoms with Crippen LogP contribution in [0.4, 0.5) is 0 Å². The molecule has 1 aliphatic heterocycles. The Kier molecular flexibility index (Phi) is 6.56. The number of phenolic OH excluding ortho intramolecular Hbond substituents is 1. The lowest BCUT2D eigenvalue weighted by Gasteiger charge is -2.23. The van der Waals surface area contributed by atoms with E-state index < -0.39 is 17.9 Å². The van der Waals surface area contributed by atoms with E-state index in [0.717, 1.165) is 22.2 Å². The van der Waals surface area contributed by atoms with Gasteiger partial charge in [-0.15, -0.1) is 0 Å². The smallest absolute Gasteiger partial charge is 0.327 e. The largest absolute Gasteiger partial charge is 0.504 e. The van der Waals surface area contributed by atoms with Crippen molar-refractivity contribution in [2.24, 2.45) is 0 Å². The molecule has 0 spiro atoms. The highest BCUT2D eigenvalue weighted by molar-refractivity contribution is 8.26. The highest BCUT2D eigenvalue weighted by atomic mass is 32.2. The summed E-state index contributed by atoms with van der Waals surface area (Å²) in [6.07, 6.45) is 1.77. The van der Waals surface area contributed by atoms with Gasteiger partial charge in [0.2, 0.25) is 0 Å². The van der Waals surface area contributed by atoms with Gasteiger partial charge in [0.05, 0.1) is 11.5 Å². The van der Waals surface area contributed by atoms with Crippen LogP contribution in [0.2, 0.25) is 0 Å². The van der Waals surface area contributed by atoms with Crippen LogP contribution >= 0.6 is 24.0 Å². The van der Waals surface area contributed by atoms with Gasteiger partial charge in [-0.05, 0) is 36.3 Å². The van der Waals surface area contributed by atoms with E-state index in [2.05, 4.69) is 0 Å². The molecule has 0 unspecified atom stereocenters. The van der Waals surface area contributed by atoms with Crippen molar-refractivity contribution in [2.75, 3.05) is 6.61 Å². The van der Waals surface area contributed by atoms with Gasteiger partial charge in [0, 0.05) is 6.42 Å². The number of hydrogen-bond donors (Lipinski definition) is 2. The van der Waals surface area contributed by atoms with Crippen molar-refractivity contribution in [3.8, 4) is 11.5 Å². The number of carbonyl (C=O) groups is 2. The fourth-order valence-electron chi connectivity index (χ4n) is 2.92. The predicted molar refractivity (Wildman–Crippen MR) is 116 cm³/mol. The number of thiocarbonyl (C=S) groups is 1. The number of benzene rings is 2. The van der Waals surface area contributed by atoms with E-state index in [1.807, 2.05) is 30.3 Å². The quantitative estimate of drug-likeness (QED) is 0.513. The van der Waals surface area contributed by atoms with Crippen LogP contribution in [0.1, 0.15) is 18.1 Å². The van der Waals surface area contributed by atoms with Crippen LogP contribution in [0.5, 0.6) is 11.5 Å². The lowest BCUT2D eigenvalue weighted by Crippen LogP contribution is -2.45. The molecule has 1 fully saturated rings. The van der Waals surface area contributed by atoms with Gasteiger partial charge in [0.15, 0.2) is 11.5 Å².